The number of rotatable bonds is 14. The number of hydrogen-bond donors (Lipinski definition) is 0. The maximum atomic E-state index is 7.59. The van der Waals surface area contributed by atoms with Crippen molar-refractivity contribution in [2.24, 2.45) is 23.2 Å². The van der Waals surface area contributed by atoms with Gasteiger partial charge in [-0.2, -0.15) is 0 Å². The van der Waals surface area contributed by atoms with Crippen molar-refractivity contribution < 1.29 is 23.1 Å². The first-order valence-electron chi connectivity index (χ1n) is 17.2. The van der Waals surface area contributed by atoms with E-state index in [1.165, 1.54) is 0 Å². The Morgan fingerprint density at radius 3 is 2.07 bits per heavy atom. The second kappa shape index (κ2) is 13.0. The Bertz CT molecular complexity index is 1090. The van der Waals surface area contributed by atoms with E-state index < -0.39 is 16.6 Å². The summed E-state index contributed by atoms with van der Waals surface area (Å²) in [5, 5.41) is 0.143. The van der Waals surface area contributed by atoms with Crippen LogP contribution in [0, 0.1) is 23.2 Å². The van der Waals surface area contributed by atoms with Crippen LogP contribution in [-0.2, 0) is 29.7 Å². The molecule has 3 aliphatic rings. The molecule has 4 rings (SSSR count). The van der Waals surface area contributed by atoms with Gasteiger partial charge in [0.15, 0.2) is 8.32 Å². The van der Waals surface area contributed by atoms with E-state index in [1.54, 1.807) is 0 Å². The molecule has 1 aromatic rings. The van der Waals surface area contributed by atoms with Gasteiger partial charge >= 0.3 is 0 Å². The number of ether oxygens (including phenoxy) is 3. The molecule has 2 aliphatic carbocycles. The van der Waals surface area contributed by atoms with E-state index in [0.29, 0.717) is 35.8 Å². The van der Waals surface area contributed by atoms with Gasteiger partial charge < -0.3 is 23.1 Å². The zero-order chi connectivity index (χ0) is 32.9. The van der Waals surface area contributed by atoms with Crippen LogP contribution in [0.1, 0.15) is 88.1 Å². The number of hydrogen-bond acceptors (Lipinski definition) is 5. The van der Waals surface area contributed by atoms with Crippen molar-refractivity contribution in [2.45, 2.75) is 148 Å². The first kappa shape index (κ1) is 36.0. The fourth-order valence-corrected chi connectivity index (χ4v) is 15.4. The Morgan fingerprint density at radius 1 is 0.977 bits per heavy atom. The van der Waals surface area contributed by atoms with E-state index in [1.807, 2.05) is 18.2 Å². The summed E-state index contributed by atoms with van der Waals surface area (Å²) >= 11 is 0. The van der Waals surface area contributed by atoms with E-state index in [-0.39, 0.29) is 53.0 Å². The SMILES string of the molecule is C=C[C@@H]1[C@@H](O[Si](C(C)C)(C(C)C)C(C)C)[C@H](OCOCc2ccccc2)[C@H]2[C@@H]1O[C@@]1(CO[Si](C)(C)C(C)(C)C)[C@@H]2CC1(C)C. The largest absolute Gasteiger partial charge is 0.414 e. The standard InChI is InChI=1S/C37H64O5Si2/c1-15-29-32-31(30-21-36(11,12)37(30,41-32)23-40-43(13,14)35(8,9)10)34(39-24-38-22-28-19-17-16-18-20-28)33(29)42-44(25(2)3,26(4)5)27(6)7/h15-20,25-27,29-34H,1,21-24H2,2-14H3/t29-,30+,31+,32+,33+,34+,37-/m0/s1. The minimum Gasteiger partial charge on any atom is -0.414 e. The van der Waals surface area contributed by atoms with Crippen molar-refractivity contribution in [3.8, 4) is 0 Å². The molecule has 0 unspecified atom stereocenters. The molecule has 7 heteroatoms. The molecule has 1 heterocycles. The predicted molar refractivity (Wildman–Crippen MR) is 187 cm³/mol. The van der Waals surface area contributed by atoms with Crippen molar-refractivity contribution >= 4 is 16.6 Å². The van der Waals surface area contributed by atoms with Gasteiger partial charge in [0.1, 0.15) is 6.79 Å². The Kier molecular flexibility index (Phi) is 10.7. The lowest BCUT2D eigenvalue weighted by Gasteiger charge is -2.60. The third kappa shape index (κ3) is 6.13. The van der Waals surface area contributed by atoms with Crippen LogP contribution in [0.25, 0.3) is 0 Å². The van der Waals surface area contributed by atoms with Gasteiger partial charge in [0.05, 0.1) is 37.1 Å². The zero-order valence-electron chi connectivity index (χ0n) is 30.2. The van der Waals surface area contributed by atoms with Crippen LogP contribution in [0.15, 0.2) is 43.0 Å². The summed E-state index contributed by atoms with van der Waals surface area (Å²) < 4.78 is 34.9. The van der Waals surface area contributed by atoms with Gasteiger partial charge in [-0.1, -0.05) is 113 Å². The fraction of sp³-hybridized carbons (Fsp3) is 0.784. The number of benzene rings is 1. The molecule has 1 saturated heterocycles. The zero-order valence-corrected chi connectivity index (χ0v) is 32.2. The third-order valence-corrected chi connectivity index (χ3v) is 22.9. The van der Waals surface area contributed by atoms with Crippen LogP contribution >= 0.6 is 0 Å². The quantitative estimate of drug-likeness (QED) is 0.0873. The van der Waals surface area contributed by atoms with Gasteiger partial charge in [-0.15, -0.1) is 6.58 Å². The highest BCUT2D eigenvalue weighted by Gasteiger charge is 2.75. The van der Waals surface area contributed by atoms with Crippen molar-refractivity contribution in [3.63, 3.8) is 0 Å². The molecule has 0 aromatic heterocycles. The van der Waals surface area contributed by atoms with Gasteiger partial charge in [0.2, 0.25) is 8.32 Å². The topological polar surface area (TPSA) is 46.2 Å². The van der Waals surface area contributed by atoms with Crippen LogP contribution < -0.4 is 0 Å². The lowest BCUT2D eigenvalue weighted by molar-refractivity contribution is -0.231. The maximum absolute atomic E-state index is 7.59. The van der Waals surface area contributed by atoms with Gasteiger partial charge in [-0.25, -0.2) is 0 Å². The summed E-state index contributed by atoms with van der Waals surface area (Å²) in [5.74, 6) is 0.599. The molecule has 0 spiro atoms. The molecule has 0 amide bonds. The lowest BCUT2D eigenvalue weighted by Crippen LogP contribution is -2.66. The molecule has 250 valence electrons. The van der Waals surface area contributed by atoms with Gasteiger partial charge in [0, 0.05) is 11.8 Å². The Balaban J connectivity index is 1.67. The van der Waals surface area contributed by atoms with E-state index in [0.717, 1.165) is 12.0 Å². The molecular formula is C37H64O5Si2. The van der Waals surface area contributed by atoms with Gasteiger partial charge in [0.25, 0.3) is 0 Å². The summed E-state index contributed by atoms with van der Waals surface area (Å²) in [6, 6.07) is 10.3. The van der Waals surface area contributed by atoms with E-state index >= 15 is 0 Å². The van der Waals surface area contributed by atoms with Crippen LogP contribution in [-0.4, -0.2) is 53.9 Å². The second-order valence-corrected chi connectivity index (χ2v) is 27.3. The summed E-state index contributed by atoms with van der Waals surface area (Å²) in [7, 11) is -4.18. The molecular weight excluding hydrogens is 581 g/mol. The minimum absolute atomic E-state index is 0.00963. The Labute approximate surface area is 272 Å². The Hall–Kier alpha value is -0.806. The first-order valence-corrected chi connectivity index (χ1v) is 22.3. The van der Waals surface area contributed by atoms with Crippen molar-refractivity contribution in [1.82, 2.24) is 0 Å². The maximum Gasteiger partial charge on any atom is 0.200 e. The van der Waals surface area contributed by atoms with E-state index in [4.69, 9.17) is 23.1 Å². The van der Waals surface area contributed by atoms with Crippen LogP contribution in [0.5, 0.6) is 0 Å². The highest BCUT2D eigenvalue weighted by molar-refractivity contribution is 6.77. The van der Waals surface area contributed by atoms with Gasteiger partial charge in [-0.3, -0.25) is 0 Å². The van der Waals surface area contributed by atoms with Crippen LogP contribution in [0.2, 0.25) is 34.8 Å². The average molecular weight is 645 g/mol. The normalized spacial score (nSPS) is 31.8. The Morgan fingerprint density at radius 2 is 1.57 bits per heavy atom. The van der Waals surface area contributed by atoms with Crippen LogP contribution in [0.4, 0.5) is 0 Å². The van der Waals surface area contributed by atoms with Crippen molar-refractivity contribution in [2.75, 3.05) is 13.4 Å². The highest BCUT2D eigenvalue weighted by atomic mass is 28.4. The average Bonchev–Trinajstić information content (AvgIpc) is 3.35. The molecule has 0 bridgehead atoms. The third-order valence-electron chi connectivity index (χ3n) is 12.4. The highest BCUT2D eigenvalue weighted by Crippen LogP contribution is 2.69. The molecule has 1 aliphatic heterocycles. The summed E-state index contributed by atoms with van der Waals surface area (Å²) in [5.41, 5.74) is 2.26. The summed E-state index contributed by atoms with van der Waals surface area (Å²) in [6.07, 6.45) is 2.96. The van der Waals surface area contributed by atoms with E-state index in [9.17, 15) is 0 Å². The molecule has 2 saturated carbocycles. The summed E-state index contributed by atoms with van der Waals surface area (Å²) in [4.78, 5) is 0. The molecule has 0 radical (unpaired) electrons. The molecule has 1 aromatic carbocycles. The smallest absolute Gasteiger partial charge is 0.200 e. The second-order valence-electron chi connectivity index (χ2n) is 17.1. The minimum atomic E-state index is -2.21. The lowest BCUT2D eigenvalue weighted by atomic mass is 9.50. The monoisotopic (exact) mass is 644 g/mol. The molecule has 44 heavy (non-hydrogen) atoms. The fourth-order valence-electron chi connectivity index (χ4n) is 8.84. The van der Waals surface area contributed by atoms with Crippen LogP contribution in [0.3, 0.4) is 0 Å². The molecule has 3 fully saturated rings. The predicted octanol–water partition coefficient (Wildman–Crippen LogP) is 9.74. The summed E-state index contributed by atoms with van der Waals surface area (Å²) in [6.45, 7) is 36.3. The number of fused-ring (bicyclic) bond motifs is 3. The van der Waals surface area contributed by atoms with Gasteiger partial charge in [-0.05, 0) is 58.1 Å². The van der Waals surface area contributed by atoms with E-state index in [2.05, 4.69) is 114 Å². The molecule has 7 atom stereocenters. The molecule has 0 N–H and O–H groups in total. The molecule has 5 nitrogen and oxygen atoms in total. The van der Waals surface area contributed by atoms with Crippen molar-refractivity contribution in [3.05, 3.63) is 48.6 Å². The first-order chi connectivity index (χ1) is 20.4. The van der Waals surface area contributed by atoms with Crippen molar-refractivity contribution in [1.29, 1.82) is 0 Å².